The van der Waals surface area contributed by atoms with Crippen molar-refractivity contribution in [1.29, 1.82) is 0 Å². The number of rotatable bonds is 6. The highest BCUT2D eigenvalue weighted by Crippen LogP contribution is 2.26. The number of aryl methyl sites for hydroxylation is 1. The van der Waals surface area contributed by atoms with E-state index in [2.05, 4.69) is 34.5 Å². The fraction of sp³-hybridized carbons (Fsp3) is 0.368. The zero-order valence-corrected chi connectivity index (χ0v) is 13.9. The molecule has 1 aliphatic heterocycles. The summed E-state index contributed by atoms with van der Waals surface area (Å²) < 4.78 is 0. The summed E-state index contributed by atoms with van der Waals surface area (Å²) in [6, 6.07) is 15.8. The molecule has 1 fully saturated rings. The summed E-state index contributed by atoms with van der Waals surface area (Å²) in [6.07, 6.45) is 2.52. The molecule has 0 unspecified atom stereocenters. The van der Waals surface area contributed by atoms with E-state index in [1.54, 1.807) is 19.1 Å². The molecule has 5 heteroatoms. The van der Waals surface area contributed by atoms with E-state index in [4.69, 9.17) is 0 Å². The van der Waals surface area contributed by atoms with Crippen molar-refractivity contribution in [2.24, 2.45) is 0 Å². The van der Waals surface area contributed by atoms with Crippen LogP contribution in [0.15, 0.2) is 48.5 Å². The lowest BCUT2D eigenvalue weighted by Gasteiger charge is -2.26. The Morgan fingerprint density at radius 2 is 1.88 bits per heavy atom. The van der Waals surface area contributed by atoms with Gasteiger partial charge in [0, 0.05) is 23.9 Å². The fourth-order valence-corrected chi connectivity index (χ4v) is 3.29. The van der Waals surface area contributed by atoms with Crippen molar-refractivity contribution in [1.82, 2.24) is 4.90 Å². The van der Waals surface area contributed by atoms with Gasteiger partial charge in [0.05, 0.1) is 11.0 Å². The van der Waals surface area contributed by atoms with E-state index in [0.29, 0.717) is 5.56 Å². The molecule has 3 rings (SSSR count). The number of nitrogens with zero attached hydrogens (tertiary/aromatic N) is 2. The Bertz CT molecular complexity index is 697. The summed E-state index contributed by atoms with van der Waals surface area (Å²) in [5.41, 5.74) is 3.00. The highest BCUT2D eigenvalue weighted by atomic mass is 16.6. The van der Waals surface area contributed by atoms with Crippen LogP contribution in [0.25, 0.3) is 0 Å². The minimum Gasteiger partial charge on any atom is -0.377 e. The van der Waals surface area contributed by atoms with E-state index in [1.165, 1.54) is 18.4 Å². The summed E-state index contributed by atoms with van der Waals surface area (Å²) in [6.45, 7) is 5.01. The molecule has 2 aromatic rings. The molecule has 0 spiro atoms. The molecule has 0 radical (unpaired) electrons. The minimum atomic E-state index is -0.335. The number of hydrogen-bond acceptors (Lipinski definition) is 4. The zero-order valence-electron chi connectivity index (χ0n) is 13.9. The molecule has 1 heterocycles. The average Bonchev–Trinajstić information content (AvgIpc) is 3.08. The Hall–Kier alpha value is -2.40. The predicted molar refractivity (Wildman–Crippen MR) is 96.3 cm³/mol. The van der Waals surface area contributed by atoms with Gasteiger partial charge in [-0.25, -0.2) is 0 Å². The molecular weight excluding hydrogens is 302 g/mol. The minimum absolute atomic E-state index is 0.163. The molecule has 1 aliphatic rings. The molecule has 0 saturated carbocycles. The first kappa shape index (κ1) is 16.5. The smallest absolute Gasteiger partial charge is 0.272 e. The molecule has 0 aromatic heterocycles. The van der Waals surface area contributed by atoms with Crippen LogP contribution in [0.5, 0.6) is 0 Å². The van der Waals surface area contributed by atoms with Crippen molar-refractivity contribution in [3.05, 3.63) is 69.8 Å². The molecule has 0 bridgehead atoms. The maximum Gasteiger partial charge on any atom is 0.272 e. The number of anilines is 1. The summed E-state index contributed by atoms with van der Waals surface area (Å²) >= 11 is 0. The van der Waals surface area contributed by atoms with Gasteiger partial charge < -0.3 is 10.2 Å². The molecule has 0 aliphatic carbocycles. The van der Waals surface area contributed by atoms with Crippen LogP contribution in [0.4, 0.5) is 11.4 Å². The highest BCUT2D eigenvalue weighted by Gasteiger charge is 2.19. The van der Waals surface area contributed by atoms with E-state index in [1.807, 2.05) is 12.1 Å². The third-order valence-electron chi connectivity index (χ3n) is 4.58. The van der Waals surface area contributed by atoms with Crippen molar-refractivity contribution in [3.63, 3.8) is 0 Å². The molecule has 2 aromatic carbocycles. The lowest BCUT2D eigenvalue weighted by Crippen LogP contribution is -2.29. The highest BCUT2D eigenvalue weighted by molar-refractivity contribution is 5.54. The van der Waals surface area contributed by atoms with E-state index in [-0.39, 0.29) is 16.7 Å². The van der Waals surface area contributed by atoms with Crippen LogP contribution in [0, 0.1) is 17.0 Å². The lowest BCUT2D eigenvalue weighted by atomic mass is 10.1. The van der Waals surface area contributed by atoms with Gasteiger partial charge in [-0.1, -0.05) is 30.3 Å². The number of likely N-dealkylation sites (tertiary alicyclic amines) is 1. The van der Waals surface area contributed by atoms with E-state index >= 15 is 0 Å². The number of nitro benzene ring substituents is 1. The van der Waals surface area contributed by atoms with Gasteiger partial charge in [0.15, 0.2) is 0 Å². The van der Waals surface area contributed by atoms with E-state index < -0.39 is 0 Å². The number of nitro groups is 1. The van der Waals surface area contributed by atoms with Crippen molar-refractivity contribution in [2.45, 2.75) is 25.8 Å². The zero-order chi connectivity index (χ0) is 16.9. The Morgan fingerprint density at radius 1 is 1.17 bits per heavy atom. The van der Waals surface area contributed by atoms with Crippen LogP contribution in [-0.4, -0.2) is 29.5 Å². The lowest BCUT2D eigenvalue weighted by molar-refractivity contribution is -0.385. The topological polar surface area (TPSA) is 58.4 Å². The second-order valence-electron chi connectivity index (χ2n) is 6.37. The van der Waals surface area contributed by atoms with Crippen LogP contribution < -0.4 is 5.32 Å². The van der Waals surface area contributed by atoms with Gasteiger partial charge in [-0.15, -0.1) is 0 Å². The molecule has 0 amide bonds. The number of hydrogen-bond donors (Lipinski definition) is 1. The predicted octanol–water partition coefficient (Wildman–Crippen LogP) is 4.15. The Morgan fingerprint density at radius 3 is 2.50 bits per heavy atom. The molecular formula is C19H23N3O2. The van der Waals surface area contributed by atoms with Crippen LogP contribution in [-0.2, 0) is 0 Å². The quantitative estimate of drug-likeness (QED) is 0.640. The standard InChI is InChI=1S/C19H23N3O2/c1-15-13-17(9-10-19(15)22(23)24)20-18(14-21-11-5-6-12-21)16-7-3-2-4-8-16/h2-4,7-10,13,18,20H,5-6,11-12,14H2,1H3/t18-/m0/s1. The maximum atomic E-state index is 11.0. The van der Waals surface area contributed by atoms with E-state index in [9.17, 15) is 10.1 Å². The third-order valence-corrected chi connectivity index (χ3v) is 4.58. The largest absolute Gasteiger partial charge is 0.377 e. The number of benzene rings is 2. The van der Waals surface area contributed by atoms with Crippen LogP contribution in [0.2, 0.25) is 0 Å². The SMILES string of the molecule is Cc1cc(N[C@@H](CN2CCCC2)c2ccccc2)ccc1[N+](=O)[O-]. The second kappa shape index (κ2) is 7.45. The van der Waals surface area contributed by atoms with Crippen LogP contribution in [0.1, 0.15) is 30.0 Å². The molecule has 126 valence electrons. The Labute approximate surface area is 142 Å². The van der Waals surface area contributed by atoms with Gasteiger partial charge >= 0.3 is 0 Å². The monoisotopic (exact) mass is 325 g/mol. The summed E-state index contributed by atoms with van der Waals surface area (Å²) in [5.74, 6) is 0. The van der Waals surface area contributed by atoms with Crippen LogP contribution >= 0.6 is 0 Å². The van der Waals surface area contributed by atoms with Crippen molar-refractivity contribution >= 4 is 11.4 Å². The molecule has 1 saturated heterocycles. The van der Waals surface area contributed by atoms with Crippen molar-refractivity contribution < 1.29 is 4.92 Å². The molecule has 24 heavy (non-hydrogen) atoms. The van der Waals surface area contributed by atoms with Gasteiger partial charge in [-0.3, -0.25) is 10.1 Å². The molecule has 5 nitrogen and oxygen atoms in total. The first-order valence-electron chi connectivity index (χ1n) is 8.42. The Balaban J connectivity index is 1.80. The fourth-order valence-electron chi connectivity index (χ4n) is 3.29. The van der Waals surface area contributed by atoms with Gasteiger partial charge in [-0.05, 0) is 50.6 Å². The summed E-state index contributed by atoms with van der Waals surface area (Å²) in [5, 5.41) is 14.6. The van der Waals surface area contributed by atoms with Gasteiger partial charge in [0.2, 0.25) is 0 Å². The van der Waals surface area contributed by atoms with Crippen LogP contribution in [0.3, 0.4) is 0 Å². The average molecular weight is 325 g/mol. The third kappa shape index (κ3) is 3.92. The first-order chi connectivity index (χ1) is 11.6. The first-order valence-corrected chi connectivity index (χ1v) is 8.42. The normalized spacial score (nSPS) is 16.0. The maximum absolute atomic E-state index is 11.0. The van der Waals surface area contributed by atoms with Crippen molar-refractivity contribution in [2.75, 3.05) is 25.0 Å². The molecule has 1 atom stereocenters. The van der Waals surface area contributed by atoms with E-state index in [0.717, 1.165) is 25.3 Å². The van der Waals surface area contributed by atoms with Gasteiger partial charge in [0.25, 0.3) is 5.69 Å². The number of nitrogens with one attached hydrogen (secondary N) is 1. The summed E-state index contributed by atoms with van der Waals surface area (Å²) in [4.78, 5) is 13.1. The van der Waals surface area contributed by atoms with Gasteiger partial charge in [-0.2, -0.15) is 0 Å². The molecule has 1 N–H and O–H groups in total. The van der Waals surface area contributed by atoms with Gasteiger partial charge in [0.1, 0.15) is 0 Å². The second-order valence-corrected chi connectivity index (χ2v) is 6.37. The van der Waals surface area contributed by atoms with Crippen molar-refractivity contribution in [3.8, 4) is 0 Å². The summed E-state index contributed by atoms with van der Waals surface area (Å²) in [7, 11) is 0. The Kier molecular flexibility index (Phi) is 5.11.